The Morgan fingerprint density at radius 2 is 2.11 bits per heavy atom. The zero-order valence-corrected chi connectivity index (χ0v) is 10.7. The largest absolute Gasteiger partial charge is 0.316 e. The van der Waals surface area contributed by atoms with Gasteiger partial charge in [0.1, 0.15) is 0 Å². The molecule has 0 aromatic heterocycles. The van der Waals surface area contributed by atoms with Crippen molar-refractivity contribution in [3.8, 4) is 6.07 Å². The molecule has 0 bridgehead atoms. The van der Waals surface area contributed by atoms with Crippen molar-refractivity contribution in [1.29, 1.82) is 5.26 Å². The maximum absolute atomic E-state index is 11.9. The van der Waals surface area contributed by atoms with E-state index in [0.717, 1.165) is 19.5 Å². The number of nitrogens with one attached hydrogen (secondary N) is 2. The van der Waals surface area contributed by atoms with Gasteiger partial charge in [-0.25, -0.2) is 8.42 Å². The molecule has 1 heterocycles. The van der Waals surface area contributed by atoms with Crippen LogP contribution in [0.15, 0.2) is 24.3 Å². The lowest BCUT2D eigenvalue weighted by atomic mass is 10.2. The maximum Gasteiger partial charge on any atom is 0.233 e. The van der Waals surface area contributed by atoms with Crippen molar-refractivity contribution >= 4 is 15.7 Å². The quantitative estimate of drug-likeness (QED) is 0.847. The van der Waals surface area contributed by atoms with Gasteiger partial charge in [0, 0.05) is 5.69 Å². The molecule has 1 aliphatic rings. The Hall–Kier alpha value is -1.58. The molecule has 6 heteroatoms. The third-order valence-electron chi connectivity index (χ3n) is 2.90. The Morgan fingerprint density at radius 3 is 2.67 bits per heavy atom. The van der Waals surface area contributed by atoms with Gasteiger partial charge in [-0.15, -0.1) is 0 Å². The molecule has 2 rings (SSSR count). The molecule has 1 aromatic carbocycles. The number of anilines is 1. The van der Waals surface area contributed by atoms with Crippen LogP contribution < -0.4 is 10.0 Å². The minimum Gasteiger partial charge on any atom is -0.316 e. The Morgan fingerprint density at radius 1 is 1.39 bits per heavy atom. The highest BCUT2D eigenvalue weighted by atomic mass is 32.2. The van der Waals surface area contributed by atoms with Gasteiger partial charge in [-0.2, -0.15) is 5.26 Å². The number of nitrogens with zero attached hydrogens (tertiary/aromatic N) is 1. The average molecular weight is 265 g/mol. The zero-order chi connectivity index (χ0) is 13.0. The fourth-order valence-corrected chi connectivity index (χ4v) is 3.48. The summed E-state index contributed by atoms with van der Waals surface area (Å²) < 4.78 is 26.3. The van der Waals surface area contributed by atoms with E-state index in [-0.39, 0.29) is 11.7 Å². The first-order valence-corrected chi connectivity index (χ1v) is 7.46. The number of sulfonamides is 1. The molecule has 0 aliphatic carbocycles. The number of nitriles is 1. The number of hydrogen-bond donors (Lipinski definition) is 2. The first-order chi connectivity index (χ1) is 8.59. The molecule has 1 fully saturated rings. The van der Waals surface area contributed by atoms with Crippen LogP contribution in [0.25, 0.3) is 0 Å². The molecule has 96 valence electrons. The van der Waals surface area contributed by atoms with Crippen LogP contribution in [0.4, 0.5) is 5.69 Å². The van der Waals surface area contributed by atoms with Gasteiger partial charge in [-0.05, 0) is 49.7 Å². The van der Waals surface area contributed by atoms with Crippen molar-refractivity contribution in [2.75, 3.05) is 23.6 Å². The fraction of sp³-hybridized carbons (Fsp3) is 0.417. The van der Waals surface area contributed by atoms with Crippen LogP contribution in [0.3, 0.4) is 0 Å². The van der Waals surface area contributed by atoms with E-state index in [9.17, 15) is 8.42 Å². The summed E-state index contributed by atoms with van der Waals surface area (Å²) in [5, 5.41) is 11.8. The molecule has 0 saturated carbocycles. The summed E-state index contributed by atoms with van der Waals surface area (Å²) >= 11 is 0. The number of hydrogen-bond acceptors (Lipinski definition) is 4. The van der Waals surface area contributed by atoms with E-state index in [4.69, 9.17) is 5.26 Å². The second-order valence-electron chi connectivity index (χ2n) is 4.43. The highest BCUT2D eigenvalue weighted by Crippen LogP contribution is 2.15. The van der Waals surface area contributed by atoms with E-state index in [0.29, 0.717) is 11.3 Å². The molecule has 1 aliphatic heterocycles. The second kappa shape index (κ2) is 5.38. The highest BCUT2D eigenvalue weighted by Gasteiger charge is 2.22. The smallest absolute Gasteiger partial charge is 0.233 e. The Balaban J connectivity index is 2.00. The highest BCUT2D eigenvalue weighted by molar-refractivity contribution is 7.92. The van der Waals surface area contributed by atoms with Crippen molar-refractivity contribution in [2.45, 2.75) is 6.42 Å². The third kappa shape index (κ3) is 3.45. The first-order valence-electron chi connectivity index (χ1n) is 5.80. The number of benzene rings is 1. The fourth-order valence-electron chi connectivity index (χ4n) is 2.00. The topological polar surface area (TPSA) is 82.0 Å². The van der Waals surface area contributed by atoms with Crippen LogP contribution >= 0.6 is 0 Å². The van der Waals surface area contributed by atoms with Gasteiger partial charge in [0.2, 0.25) is 10.0 Å². The van der Waals surface area contributed by atoms with Gasteiger partial charge in [0.05, 0.1) is 17.4 Å². The van der Waals surface area contributed by atoms with Gasteiger partial charge < -0.3 is 5.32 Å². The van der Waals surface area contributed by atoms with E-state index in [1.165, 1.54) is 0 Å². The van der Waals surface area contributed by atoms with Crippen LogP contribution in [0.5, 0.6) is 0 Å². The van der Waals surface area contributed by atoms with Crippen molar-refractivity contribution < 1.29 is 8.42 Å². The van der Waals surface area contributed by atoms with E-state index < -0.39 is 10.0 Å². The van der Waals surface area contributed by atoms with Crippen molar-refractivity contribution in [3.63, 3.8) is 0 Å². The summed E-state index contributed by atoms with van der Waals surface area (Å²) in [7, 11) is -3.31. The molecule has 5 nitrogen and oxygen atoms in total. The monoisotopic (exact) mass is 265 g/mol. The maximum atomic E-state index is 11.9. The number of rotatable bonds is 4. The summed E-state index contributed by atoms with van der Waals surface area (Å²) in [5.41, 5.74) is 1.01. The molecule has 1 atom stereocenters. The molecule has 0 amide bonds. The lowest BCUT2D eigenvalue weighted by Gasteiger charge is -2.11. The van der Waals surface area contributed by atoms with Crippen molar-refractivity contribution in [2.24, 2.45) is 5.92 Å². The van der Waals surface area contributed by atoms with Crippen LogP contribution in [0.2, 0.25) is 0 Å². The first kappa shape index (κ1) is 12.9. The summed E-state index contributed by atoms with van der Waals surface area (Å²) in [6.45, 7) is 1.64. The van der Waals surface area contributed by atoms with Gasteiger partial charge in [0.25, 0.3) is 0 Å². The Kier molecular flexibility index (Phi) is 3.84. The minimum absolute atomic E-state index is 0.139. The van der Waals surface area contributed by atoms with E-state index >= 15 is 0 Å². The SMILES string of the molecule is N#Cc1ccc(NS(=O)(=O)CC2CCNC2)cc1. The summed E-state index contributed by atoms with van der Waals surface area (Å²) in [6.07, 6.45) is 0.897. The molecular weight excluding hydrogens is 250 g/mol. The predicted octanol–water partition coefficient (Wildman–Crippen LogP) is 0.909. The van der Waals surface area contributed by atoms with Gasteiger partial charge in [-0.1, -0.05) is 0 Å². The normalized spacial score (nSPS) is 19.4. The lowest BCUT2D eigenvalue weighted by molar-refractivity contribution is 0.575. The molecular formula is C12H15N3O2S. The molecule has 2 N–H and O–H groups in total. The summed E-state index contributed by atoms with van der Waals surface area (Å²) in [4.78, 5) is 0. The lowest BCUT2D eigenvalue weighted by Crippen LogP contribution is -2.24. The van der Waals surface area contributed by atoms with Gasteiger partial charge in [-0.3, -0.25) is 4.72 Å². The molecule has 0 radical (unpaired) electrons. The minimum atomic E-state index is -3.31. The van der Waals surface area contributed by atoms with Gasteiger partial charge >= 0.3 is 0 Å². The van der Waals surface area contributed by atoms with Crippen LogP contribution in [-0.2, 0) is 10.0 Å². The van der Waals surface area contributed by atoms with Crippen LogP contribution in [0, 0.1) is 17.2 Å². The van der Waals surface area contributed by atoms with Crippen molar-refractivity contribution in [1.82, 2.24) is 5.32 Å². The zero-order valence-electron chi connectivity index (χ0n) is 9.89. The molecule has 18 heavy (non-hydrogen) atoms. The third-order valence-corrected chi connectivity index (χ3v) is 4.36. The molecule has 1 unspecified atom stereocenters. The average Bonchev–Trinajstić information content (AvgIpc) is 2.81. The van der Waals surface area contributed by atoms with Gasteiger partial charge in [0.15, 0.2) is 0 Å². The molecule has 0 spiro atoms. The Labute approximate surface area is 107 Å². The summed E-state index contributed by atoms with van der Waals surface area (Å²) in [5.74, 6) is 0.320. The van der Waals surface area contributed by atoms with Crippen molar-refractivity contribution in [3.05, 3.63) is 29.8 Å². The standard InChI is InChI=1S/C12H15N3O2S/c13-7-10-1-3-12(4-2-10)15-18(16,17)9-11-5-6-14-8-11/h1-4,11,14-15H,5-6,8-9H2. The molecule has 1 aromatic rings. The second-order valence-corrected chi connectivity index (χ2v) is 6.20. The van der Waals surface area contributed by atoms with Crippen LogP contribution in [-0.4, -0.2) is 27.3 Å². The van der Waals surface area contributed by atoms with E-state index in [1.807, 2.05) is 6.07 Å². The summed E-state index contributed by atoms with van der Waals surface area (Å²) in [6, 6.07) is 8.38. The van der Waals surface area contributed by atoms with Crippen LogP contribution in [0.1, 0.15) is 12.0 Å². The Bertz CT molecular complexity index is 540. The predicted molar refractivity (Wildman–Crippen MR) is 69.5 cm³/mol. The van der Waals surface area contributed by atoms with E-state index in [2.05, 4.69) is 10.0 Å². The van der Waals surface area contributed by atoms with E-state index in [1.54, 1.807) is 24.3 Å². The molecule has 1 saturated heterocycles.